The largest absolute Gasteiger partial charge is 0.274 e. The van der Waals surface area contributed by atoms with Crippen LogP contribution in [0.15, 0.2) is 0 Å². The topological polar surface area (TPSA) is 6.48 Å². The first kappa shape index (κ1) is 10.9. The van der Waals surface area contributed by atoms with Crippen molar-refractivity contribution in [1.29, 1.82) is 0 Å². The zero-order valence-electron chi connectivity index (χ0n) is 6.67. The Labute approximate surface area is 73.9 Å². The number of halogens is 2. The van der Waals surface area contributed by atoms with Crippen LogP contribution in [-0.2, 0) is 0 Å². The molecule has 0 spiro atoms. The van der Waals surface area contributed by atoms with E-state index in [1.54, 1.807) is 0 Å². The summed E-state index contributed by atoms with van der Waals surface area (Å²) < 4.78 is 3.78. The third-order valence-corrected chi connectivity index (χ3v) is 4.03. The number of rotatable bonds is 3. The molecule has 0 unspecified atom stereocenters. The fourth-order valence-electron chi connectivity index (χ4n) is 0.707. The van der Waals surface area contributed by atoms with Crippen LogP contribution in [-0.4, -0.2) is 42.1 Å². The molecule has 0 heterocycles. The van der Waals surface area contributed by atoms with Gasteiger partial charge in [-0.25, -0.2) is 0 Å². The van der Waals surface area contributed by atoms with Gasteiger partial charge in [0.25, 0.3) is 0 Å². The van der Waals surface area contributed by atoms with E-state index >= 15 is 0 Å². The van der Waals surface area contributed by atoms with Gasteiger partial charge in [-0.15, -0.1) is 0 Å². The summed E-state index contributed by atoms with van der Waals surface area (Å²) in [5.74, 6) is 0. The van der Waals surface area contributed by atoms with Crippen molar-refractivity contribution in [1.82, 2.24) is 9.34 Å². The molecule has 0 amide bonds. The average Bonchev–Trinajstić information content (AvgIpc) is 1.59. The molecule has 0 radical (unpaired) electrons. The summed E-state index contributed by atoms with van der Waals surface area (Å²) in [5, 5.41) is 0. The van der Waals surface area contributed by atoms with Gasteiger partial charge in [-0.1, -0.05) is 23.2 Å². The van der Waals surface area contributed by atoms with E-state index in [9.17, 15) is 0 Å². The Bertz CT molecular complexity index is 78.6. The summed E-state index contributed by atoms with van der Waals surface area (Å²) in [5.41, 5.74) is 0. The van der Waals surface area contributed by atoms with Crippen LogP contribution in [0.25, 0.3) is 0 Å². The van der Waals surface area contributed by atoms with Crippen LogP contribution in [0.2, 0.25) is 0 Å². The molecule has 0 aliphatic carbocycles. The highest BCUT2D eigenvalue weighted by Crippen LogP contribution is 2.48. The van der Waals surface area contributed by atoms with Crippen molar-refractivity contribution in [2.24, 2.45) is 0 Å². The first-order valence-corrected chi connectivity index (χ1v) is 5.07. The minimum atomic E-state index is -0.540. The van der Waals surface area contributed by atoms with Crippen LogP contribution in [0.3, 0.4) is 0 Å². The summed E-state index contributed by atoms with van der Waals surface area (Å²) in [7, 11) is 7.36. The van der Waals surface area contributed by atoms with Crippen LogP contribution in [0, 0.1) is 0 Å². The Hall–Kier alpha value is 0.930. The van der Waals surface area contributed by atoms with Crippen molar-refractivity contribution < 1.29 is 0 Å². The van der Waals surface area contributed by atoms with Crippen molar-refractivity contribution >= 4 is 31.4 Å². The molecule has 10 heavy (non-hydrogen) atoms. The fourth-order valence-corrected chi connectivity index (χ4v) is 4.22. The first-order chi connectivity index (χ1) is 4.46. The van der Waals surface area contributed by atoms with E-state index in [0.717, 1.165) is 0 Å². The molecule has 0 saturated carbocycles. The van der Waals surface area contributed by atoms with Gasteiger partial charge in [0.05, 0.1) is 8.22 Å². The summed E-state index contributed by atoms with van der Waals surface area (Å²) >= 11 is 11.5. The molecule has 0 bridgehead atoms. The fraction of sp³-hybridized carbons (Fsp3) is 1.00. The van der Waals surface area contributed by atoms with Crippen LogP contribution in [0.1, 0.15) is 0 Å². The van der Waals surface area contributed by atoms with Crippen molar-refractivity contribution in [3.63, 3.8) is 0 Å². The van der Waals surface area contributed by atoms with Gasteiger partial charge in [0.15, 0.2) is 4.58 Å². The van der Waals surface area contributed by atoms with Gasteiger partial charge >= 0.3 is 0 Å². The predicted octanol–water partition coefficient (Wildman–Crippen LogP) is 2.18. The molecule has 0 rings (SSSR count). The Balaban J connectivity index is 3.98. The molecule has 0 aromatic rings. The lowest BCUT2D eigenvalue weighted by molar-refractivity contribution is 0.576. The third-order valence-electron chi connectivity index (χ3n) is 0.994. The lowest BCUT2D eigenvalue weighted by Gasteiger charge is -2.30. The first-order valence-electron chi connectivity index (χ1n) is 2.88. The highest BCUT2D eigenvalue weighted by atomic mass is 35.5. The molecule has 0 aromatic carbocycles. The normalized spacial score (nSPS) is 12.6. The minimum absolute atomic E-state index is 0.306. The smallest absolute Gasteiger partial charge is 0.154 e. The molecule has 0 aromatic heterocycles. The second-order valence-corrected chi connectivity index (χ2v) is 6.75. The van der Waals surface area contributed by atoms with Crippen molar-refractivity contribution in [3.05, 3.63) is 0 Å². The summed E-state index contributed by atoms with van der Waals surface area (Å²) in [6.07, 6.45) is 0. The molecule has 0 aliphatic rings. The summed E-state index contributed by atoms with van der Waals surface area (Å²) in [6, 6.07) is 0. The second kappa shape index (κ2) is 4.74. The van der Waals surface area contributed by atoms with Crippen LogP contribution in [0.4, 0.5) is 0 Å². The molecule has 0 fully saturated rings. The molecule has 0 aliphatic heterocycles. The van der Waals surface area contributed by atoms with Gasteiger partial charge in [-0.05, 0) is 28.2 Å². The van der Waals surface area contributed by atoms with Gasteiger partial charge in [0.2, 0.25) is 0 Å². The lowest BCUT2D eigenvalue weighted by atomic mass is 11.3. The average molecular weight is 203 g/mol. The SMILES string of the molecule is CN(C)P(C(Cl)Cl)N(C)C. The number of nitrogens with zero attached hydrogens (tertiary/aromatic N) is 2. The number of hydrogen-bond donors (Lipinski definition) is 0. The van der Waals surface area contributed by atoms with Gasteiger partial charge in [-0.2, -0.15) is 0 Å². The monoisotopic (exact) mass is 202 g/mol. The minimum Gasteiger partial charge on any atom is -0.274 e. The Kier molecular flexibility index (Phi) is 5.18. The van der Waals surface area contributed by atoms with Gasteiger partial charge < -0.3 is 0 Å². The van der Waals surface area contributed by atoms with Gasteiger partial charge in [-0.3, -0.25) is 9.34 Å². The molecular weight excluding hydrogens is 190 g/mol. The zero-order chi connectivity index (χ0) is 8.31. The van der Waals surface area contributed by atoms with Crippen molar-refractivity contribution in [2.45, 2.75) is 4.58 Å². The summed E-state index contributed by atoms with van der Waals surface area (Å²) in [6.45, 7) is 0. The van der Waals surface area contributed by atoms with E-state index in [2.05, 4.69) is 0 Å². The maximum atomic E-state index is 5.74. The highest BCUT2D eigenvalue weighted by molar-refractivity contribution is 7.57. The quantitative estimate of drug-likeness (QED) is 0.512. The van der Waals surface area contributed by atoms with E-state index in [-0.39, 0.29) is 4.58 Å². The van der Waals surface area contributed by atoms with E-state index in [1.807, 2.05) is 37.5 Å². The maximum absolute atomic E-state index is 5.74. The molecule has 0 N–H and O–H groups in total. The predicted molar refractivity (Wildman–Crippen MR) is 49.8 cm³/mol. The van der Waals surface area contributed by atoms with Crippen molar-refractivity contribution in [3.8, 4) is 0 Å². The van der Waals surface area contributed by atoms with Gasteiger partial charge in [0.1, 0.15) is 0 Å². The summed E-state index contributed by atoms with van der Waals surface area (Å²) in [4.78, 5) is 0. The Morgan fingerprint density at radius 3 is 1.30 bits per heavy atom. The molecule has 0 atom stereocenters. The molecular formula is C5H13Cl2N2P. The van der Waals surface area contributed by atoms with Crippen LogP contribution >= 0.6 is 31.4 Å². The maximum Gasteiger partial charge on any atom is 0.154 e. The van der Waals surface area contributed by atoms with E-state index in [1.165, 1.54) is 0 Å². The Morgan fingerprint density at radius 2 is 1.30 bits per heavy atom. The lowest BCUT2D eigenvalue weighted by Crippen LogP contribution is -2.20. The number of alkyl halides is 2. The van der Waals surface area contributed by atoms with E-state index < -0.39 is 8.22 Å². The van der Waals surface area contributed by atoms with Crippen LogP contribution in [0.5, 0.6) is 0 Å². The highest BCUT2D eigenvalue weighted by Gasteiger charge is 2.20. The molecule has 5 heteroatoms. The third kappa shape index (κ3) is 3.36. The van der Waals surface area contributed by atoms with Crippen LogP contribution < -0.4 is 0 Å². The Morgan fingerprint density at radius 1 is 1.00 bits per heavy atom. The van der Waals surface area contributed by atoms with E-state index in [4.69, 9.17) is 23.2 Å². The molecule has 62 valence electrons. The molecule has 2 nitrogen and oxygen atoms in total. The van der Waals surface area contributed by atoms with E-state index in [0.29, 0.717) is 0 Å². The zero-order valence-corrected chi connectivity index (χ0v) is 9.08. The molecule has 0 saturated heterocycles. The van der Waals surface area contributed by atoms with Gasteiger partial charge in [0, 0.05) is 0 Å². The second-order valence-electron chi connectivity index (χ2n) is 2.29. The standard InChI is InChI=1S/C5H13Cl2N2P/c1-8(2)10(5(6)7)9(3)4/h5H,1-4H3. The number of hydrogen-bond acceptors (Lipinski definition) is 2. The van der Waals surface area contributed by atoms with Crippen molar-refractivity contribution in [2.75, 3.05) is 28.2 Å².